The van der Waals surface area contributed by atoms with E-state index >= 15 is 0 Å². The number of hydrogen-bond donors (Lipinski definition) is 1. The normalized spacial score (nSPS) is 10.5. The molecular formula is C14H12ClN5O2. The molecule has 0 fully saturated rings. The first-order valence-corrected chi connectivity index (χ1v) is 6.83. The highest BCUT2D eigenvalue weighted by Crippen LogP contribution is 2.23. The first kappa shape index (κ1) is 14.3. The van der Waals surface area contributed by atoms with E-state index in [1.54, 1.807) is 6.92 Å². The molecule has 0 saturated heterocycles. The Kier molecular flexibility index (Phi) is 4.15. The Bertz CT molecular complexity index is 760. The van der Waals surface area contributed by atoms with Crippen LogP contribution in [-0.2, 0) is 6.61 Å². The summed E-state index contributed by atoms with van der Waals surface area (Å²) in [6.07, 6.45) is 2.96. The molecule has 1 N–H and O–H groups in total. The molecule has 2 heterocycles. The summed E-state index contributed by atoms with van der Waals surface area (Å²) in [5.41, 5.74) is 0.836. The molecular weight excluding hydrogens is 306 g/mol. The minimum Gasteiger partial charge on any atom is -0.485 e. The van der Waals surface area contributed by atoms with E-state index in [4.69, 9.17) is 20.9 Å². The van der Waals surface area contributed by atoms with Crippen LogP contribution >= 0.6 is 11.6 Å². The second-order valence-electron chi connectivity index (χ2n) is 4.39. The number of hydrogen-bond acceptors (Lipinski definition) is 7. The smallest absolute Gasteiger partial charge is 0.223 e. The molecule has 22 heavy (non-hydrogen) atoms. The van der Waals surface area contributed by atoms with Gasteiger partial charge in [-0.2, -0.15) is 4.98 Å². The standard InChI is InChI=1S/C14H12ClN5O2/c1-9-18-13(20-22-9)7-21-11-4-2-10(3-5-11)19-14-12(15)6-16-8-17-14/h2-6,8H,7H2,1H3,(H,16,17,19). The fraction of sp³-hybridized carbons (Fsp3) is 0.143. The SMILES string of the molecule is Cc1nc(COc2ccc(Nc3ncncc3Cl)cc2)no1. The lowest BCUT2D eigenvalue weighted by atomic mass is 10.3. The minimum absolute atomic E-state index is 0.252. The molecule has 0 aliphatic rings. The van der Waals surface area contributed by atoms with Crippen molar-refractivity contribution in [2.75, 3.05) is 5.32 Å². The van der Waals surface area contributed by atoms with Crippen LogP contribution in [0.2, 0.25) is 5.02 Å². The van der Waals surface area contributed by atoms with Crippen LogP contribution in [0.3, 0.4) is 0 Å². The molecule has 8 heteroatoms. The summed E-state index contributed by atoms with van der Waals surface area (Å²) in [6, 6.07) is 7.36. The van der Waals surface area contributed by atoms with Crippen molar-refractivity contribution in [2.24, 2.45) is 0 Å². The molecule has 0 radical (unpaired) electrons. The molecule has 112 valence electrons. The number of anilines is 2. The third kappa shape index (κ3) is 3.50. The largest absolute Gasteiger partial charge is 0.485 e. The van der Waals surface area contributed by atoms with Crippen LogP contribution in [0.4, 0.5) is 11.5 Å². The number of nitrogens with zero attached hydrogens (tertiary/aromatic N) is 4. The Morgan fingerprint density at radius 2 is 2.09 bits per heavy atom. The van der Waals surface area contributed by atoms with Crippen LogP contribution in [-0.4, -0.2) is 20.1 Å². The van der Waals surface area contributed by atoms with E-state index in [1.807, 2.05) is 24.3 Å². The molecule has 7 nitrogen and oxygen atoms in total. The van der Waals surface area contributed by atoms with E-state index < -0.39 is 0 Å². The number of rotatable bonds is 5. The fourth-order valence-electron chi connectivity index (χ4n) is 1.72. The number of aryl methyl sites for hydroxylation is 1. The van der Waals surface area contributed by atoms with Crippen molar-refractivity contribution >= 4 is 23.1 Å². The van der Waals surface area contributed by atoms with Gasteiger partial charge in [0.05, 0.1) is 6.20 Å². The second kappa shape index (κ2) is 6.40. The van der Waals surface area contributed by atoms with Crippen molar-refractivity contribution < 1.29 is 9.26 Å². The maximum Gasteiger partial charge on any atom is 0.223 e. The Hall–Kier alpha value is -2.67. The zero-order valence-corrected chi connectivity index (χ0v) is 12.4. The summed E-state index contributed by atoms with van der Waals surface area (Å²) >= 11 is 5.99. The van der Waals surface area contributed by atoms with E-state index in [0.29, 0.717) is 28.3 Å². The molecule has 1 aromatic carbocycles. The number of benzene rings is 1. The van der Waals surface area contributed by atoms with E-state index in [9.17, 15) is 0 Å². The lowest BCUT2D eigenvalue weighted by molar-refractivity contribution is 0.286. The van der Waals surface area contributed by atoms with Crippen LogP contribution in [0.1, 0.15) is 11.7 Å². The van der Waals surface area contributed by atoms with E-state index in [2.05, 4.69) is 25.4 Å². The molecule has 0 spiro atoms. The molecule has 0 aliphatic heterocycles. The Labute approximate surface area is 131 Å². The van der Waals surface area contributed by atoms with Crippen LogP contribution in [0.25, 0.3) is 0 Å². The van der Waals surface area contributed by atoms with Crippen LogP contribution < -0.4 is 10.1 Å². The molecule has 0 amide bonds. The monoisotopic (exact) mass is 317 g/mol. The maximum absolute atomic E-state index is 5.99. The summed E-state index contributed by atoms with van der Waals surface area (Å²) in [6.45, 7) is 1.98. The number of aromatic nitrogens is 4. The maximum atomic E-state index is 5.99. The number of nitrogens with one attached hydrogen (secondary N) is 1. The molecule has 3 rings (SSSR count). The predicted molar refractivity (Wildman–Crippen MR) is 80.1 cm³/mol. The summed E-state index contributed by atoms with van der Waals surface area (Å²) in [5, 5.41) is 7.31. The van der Waals surface area contributed by atoms with Gasteiger partial charge in [-0.1, -0.05) is 16.8 Å². The van der Waals surface area contributed by atoms with Gasteiger partial charge in [-0.25, -0.2) is 9.97 Å². The first-order chi connectivity index (χ1) is 10.7. The van der Waals surface area contributed by atoms with Gasteiger partial charge in [0.15, 0.2) is 12.4 Å². The highest BCUT2D eigenvalue weighted by Gasteiger charge is 2.04. The fourth-order valence-corrected chi connectivity index (χ4v) is 1.88. The molecule has 3 aromatic rings. The highest BCUT2D eigenvalue weighted by molar-refractivity contribution is 6.32. The summed E-state index contributed by atoms with van der Waals surface area (Å²) < 4.78 is 10.4. The van der Waals surface area contributed by atoms with Gasteiger partial charge in [0.2, 0.25) is 11.7 Å². The van der Waals surface area contributed by atoms with Gasteiger partial charge >= 0.3 is 0 Å². The summed E-state index contributed by atoms with van der Waals surface area (Å²) in [4.78, 5) is 12.0. The average Bonchev–Trinajstić information content (AvgIpc) is 2.94. The Morgan fingerprint density at radius 3 is 2.77 bits per heavy atom. The first-order valence-electron chi connectivity index (χ1n) is 6.45. The van der Waals surface area contributed by atoms with Gasteiger partial charge in [0.1, 0.15) is 17.1 Å². The molecule has 0 bridgehead atoms. The Morgan fingerprint density at radius 1 is 1.27 bits per heavy atom. The minimum atomic E-state index is 0.252. The van der Waals surface area contributed by atoms with Gasteiger partial charge in [-0.3, -0.25) is 0 Å². The summed E-state index contributed by atoms with van der Waals surface area (Å²) in [5.74, 6) is 2.27. The highest BCUT2D eigenvalue weighted by atomic mass is 35.5. The quantitative estimate of drug-likeness (QED) is 0.773. The third-order valence-electron chi connectivity index (χ3n) is 2.72. The van der Waals surface area contributed by atoms with Gasteiger partial charge < -0.3 is 14.6 Å². The van der Waals surface area contributed by atoms with Gasteiger partial charge in [-0.05, 0) is 24.3 Å². The van der Waals surface area contributed by atoms with Crippen molar-refractivity contribution in [1.29, 1.82) is 0 Å². The molecule has 2 aromatic heterocycles. The van der Waals surface area contributed by atoms with E-state index in [0.717, 1.165) is 5.69 Å². The van der Waals surface area contributed by atoms with E-state index in [-0.39, 0.29) is 6.61 Å². The zero-order chi connectivity index (χ0) is 15.4. The number of ether oxygens (including phenoxy) is 1. The van der Waals surface area contributed by atoms with E-state index in [1.165, 1.54) is 12.5 Å². The van der Waals surface area contributed by atoms with Crippen molar-refractivity contribution in [3.05, 3.63) is 53.5 Å². The molecule has 0 atom stereocenters. The van der Waals surface area contributed by atoms with Gasteiger partial charge in [-0.15, -0.1) is 0 Å². The lowest BCUT2D eigenvalue weighted by Crippen LogP contribution is -1.98. The molecule has 0 unspecified atom stereocenters. The predicted octanol–water partition coefficient (Wildman–Crippen LogP) is 3.14. The molecule has 0 aliphatic carbocycles. The summed E-state index contributed by atoms with van der Waals surface area (Å²) in [7, 11) is 0. The van der Waals surface area contributed by atoms with Gasteiger partial charge in [0, 0.05) is 12.6 Å². The lowest BCUT2D eigenvalue weighted by Gasteiger charge is -2.08. The van der Waals surface area contributed by atoms with Crippen molar-refractivity contribution in [3.8, 4) is 5.75 Å². The second-order valence-corrected chi connectivity index (χ2v) is 4.79. The number of halogens is 1. The topological polar surface area (TPSA) is 86.0 Å². The zero-order valence-electron chi connectivity index (χ0n) is 11.7. The van der Waals surface area contributed by atoms with Crippen LogP contribution in [0.5, 0.6) is 5.75 Å². The third-order valence-corrected chi connectivity index (χ3v) is 3.00. The van der Waals surface area contributed by atoms with Crippen molar-refractivity contribution in [3.63, 3.8) is 0 Å². The Balaban J connectivity index is 1.61. The van der Waals surface area contributed by atoms with Gasteiger partial charge in [0.25, 0.3) is 0 Å². The average molecular weight is 318 g/mol. The van der Waals surface area contributed by atoms with Crippen LogP contribution in [0.15, 0.2) is 41.3 Å². The van der Waals surface area contributed by atoms with Crippen molar-refractivity contribution in [2.45, 2.75) is 13.5 Å². The molecule has 0 saturated carbocycles. The van der Waals surface area contributed by atoms with Crippen molar-refractivity contribution in [1.82, 2.24) is 20.1 Å². The van der Waals surface area contributed by atoms with Crippen LogP contribution in [0, 0.1) is 6.92 Å².